The SMILES string of the molecule is CC=O.CCCN=C(N)N.COC(C)(C)C.NC(=O)[C@H](Cc1cccc2ccccc12)NC(=O)CCc1ccccc1.NC=O. The molecule has 11 nitrogen and oxygen atoms in total. The van der Waals surface area contributed by atoms with E-state index in [4.69, 9.17) is 31.5 Å². The van der Waals surface area contributed by atoms with Crippen molar-refractivity contribution in [1.29, 1.82) is 0 Å². The second kappa shape index (κ2) is 25.7. The van der Waals surface area contributed by atoms with Gasteiger partial charge in [-0.05, 0) is 62.4 Å². The van der Waals surface area contributed by atoms with Gasteiger partial charge in [-0.1, -0.05) is 79.7 Å². The number of benzene rings is 3. The van der Waals surface area contributed by atoms with Gasteiger partial charge in [-0.25, -0.2) is 0 Å². The standard InChI is InChI=1S/C22H22N2O2.C5H12O.C4H11N3.C2H4O.CH3NO/c23-22(26)20(24-21(25)14-13-16-7-2-1-3-8-16)15-18-11-6-10-17-9-4-5-12-19(17)18;1-5(2,3)6-4;1-2-3-7-4(5)6;1-2-3;2-1-3/h1-12,20H,13-15H2,(H2,23,26)(H,24,25);1-4H3;2-3H2,1H3,(H4,5,6,7);2H,1H3;1H,(H2,2,3)/t20-;;;;/m0..../s1. The van der Waals surface area contributed by atoms with Gasteiger partial charge in [0.15, 0.2) is 5.96 Å². The molecule has 3 amide bonds. The number of hydrogen-bond acceptors (Lipinski definition) is 6. The highest BCUT2D eigenvalue weighted by molar-refractivity contribution is 5.89. The predicted molar refractivity (Wildman–Crippen MR) is 183 cm³/mol. The van der Waals surface area contributed by atoms with Crippen LogP contribution in [0.2, 0.25) is 0 Å². The predicted octanol–water partition coefficient (Wildman–Crippen LogP) is 3.39. The lowest BCUT2D eigenvalue weighted by Crippen LogP contribution is -2.45. The summed E-state index contributed by atoms with van der Waals surface area (Å²) >= 11 is 0. The summed E-state index contributed by atoms with van der Waals surface area (Å²) in [5.41, 5.74) is 21.8. The molecule has 11 heteroatoms. The van der Waals surface area contributed by atoms with E-state index in [-0.39, 0.29) is 23.9 Å². The minimum absolute atomic E-state index is 0.0417. The fourth-order valence-electron chi connectivity index (χ4n) is 3.32. The van der Waals surface area contributed by atoms with Crippen molar-refractivity contribution in [3.8, 4) is 0 Å². The number of nitrogens with zero attached hydrogens (tertiary/aromatic N) is 1. The van der Waals surface area contributed by atoms with E-state index < -0.39 is 11.9 Å². The molecule has 0 heterocycles. The molecule has 0 bridgehead atoms. The first-order valence-corrected chi connectivity index (χ1v) is 14.5. The molecule has 0 aliphatic rings. The zero-order valence-electron chi connectivity index (χ0n) is 27.5. The molecule has 0 fully saturated rings. The molecular weight excluding hydrogens is 572 g/mol. The van der Waals surface area contributed by atoms with Gasteiger partial charge in [0.25, 0.3) is 0 Å². The third-order valence-electron chi connectivity index (χ3n) is 5.60. The third kappa shape index (κ3) is 23.4. The highest BCUT2D eigenvalue weighted by Crippen LogP contribution is 2.20. The molecule has 1 atom stereocenters. The topological polar surface area (TPSA) is 206 Å². The summed E-state index contributed by atoms with van der Waals surface area (Å²) in [5, 5.41) is 4.96. The Morgan fingerprint density at radius 1 is 0.933 bits per heavy atom. The zero-order valence-corrected chi connectivity index (χ0v) is 27.5. The molecule has 9 N–H and O–H groups in total. The van der Waals surface area contributed by atoms with Gasteiger partial charge in [-0.2, -0.15) is 0 Å². The first-order valence-electron chi connectivity index (χ1n) is 14.5. The van der Waals surface area contributed by atoms with Gasteiger partial charge in [0.05, 0.1) is 5.60 Å². The second-order valence-corrected chi connectivity index (χ2v) is 10.3. The van der Waals surface area contributed by atoms with Crippen LogP contribution in [-0.4, -0.2) is 55.8 Å². The van der Waals surface area contributed by atoms with Gasteiger partial charge in [-0.15, -0.1) is 0 Å². The van der Waals surface area contributed by atoms with Crippen molar-refractivity contribution in [2.45, 2.75) is 71.9 Å². The van der Waals surface area contributed by atoms with E-state index in [0.29, 0.717) is 19.3 Å². The molecule has 3 aromatic rings. The Labute approximate surface area is 267 Å². The van der Waals surface area contributed by atoms with E-state index in [1.54, 1.807) is 7.11 Å². The van der Waals surface area contributed by atoms with Gasteiger partial charge in [0.2, 0.25) is 18.2 Å². The molecule has 45 heavy (non-hydrogen) atoms. The molecule has 0 aromatic heterocycles. The minimum atomic E-state index is -0.718. The maximum Gasteiger partial charge on any atom is 0.240 e. The van der Waals surface area contributed by atoms with Crippen molar-refractivity contribution < 1.29 is 23.9 Å². The maximum absolute atomic E-state index is 12.3. The van der Waals surface area contributed by atoms with Gasteiger partial charge < -0.3 is 37.8 Å². The number of aryl methyl sites for hydroxylation is 1. The van der Waals surface area contributed by atoms with Gasteiger partial charge in [0, 0.05) is 26.5 Å². The number of fused-ring (bicyclic) bond motifs is 1. The van der Waals surface area contributed by atoms with E-state index in [1.807, 2.05) is 100 Å². The first kappa shape index (κ1) is 42.4. The molecule has 0 radical (unpaired) electrons. The highest BCUT2D eigenvalue weighted by atomic mass is 16.5. The van der Waals surface area contributed by atoms with Crippen LogP contribution in [0.1, 0.15) is 58.6 Å². The number of aldehydes is 1. The van der Waals surface area contributed by atoms with Crippen molar-refractivity contribution in [3.63, 3.8) is 0 Å². The summed E-state index contributed by atoms with van der Waals surface area (Å²) in [4.78, 5) is 45.2. The smallest absolute Gasteiger partial charge is 0.240 e. The number of primary amides is 2. The van der Waals surface area contributed by atoms with E-state index in [1.165, 1.54) is 6.92 Å². The lowest BCUT2D eigenvalue weighted by Gasteiger charge is -2.17. The minimum Gasteiger partial charge on any atom is -0.379 e. The summed E-state index contributed by atoms with van der Waals surface area (Å²) in [6.45, 7) is 10.3. The van der Waals surface area contributed by atoms with Gasteiger partial charge in [0.1, 0.15) is 12.3 Å². The van der Waals surface area contributed by atoms with Crippen LogP contribution in [0.4, 0.5) is 0 Å². The van der Waals surface area contributed by atoms with Crippen molar-refractivity contribution in [3.05, 3.63) is 83.9 Å². The van der Waals surface area contributed by atoms with Crippen molar-refractivity contribution in [2.75, 3.05) is 13.7 Å². The Bertz CT molecular complexity index is 1260. The van der Waals surface area contributed by atoms with Crippen LogP contribution >= 0.6 is 0 Å². The van der Waals surface area contributed by atoms with Gasteiger partial charge in [-0.3, -0.25) is 19.4 Å². The van der Waals surface area contributed by atoms with E-state index in [2.05, 4.69) is 16.0 Å². The summed E-state index contributed by atoms with van der Waals surface area (Å²) in [5.74, 6) is -0.509. The van der Waals surface area contributed by atoms with Crippen LogP contribution in [0.3, 0.4) is 0 Å². The average molecular weight is 625 g/mol. The normalized spacial score (nSPS) is 10.3. The molecule has 0 saturated carbocycles. The number of nitrogens with one attached hydrogen (secondary N) is 1. The molecule has 0 spiro atoms. The Kier molecular flexibility index (Phi) is 24.2. The quantitative estimate of drug-likeness (QED) is 0.136. The third-order valence-corrected chi connectivity index (χ3v) is 5.60. The number of nitrogens with two attached hydrogens (primary N) is 4. The fraction of sp³-hybridized carbons (Fsp3) is 0.382. The van der Waals surface area contributed by atoms with Crippen LogP contribution in [0.15, 0.2) is 77.8 Å². The molecular formula is C34H52N6O5. The largest absolute Gasteiger partial charge is 0.379 e. The number of guanidine groups is 1. The Morgan fingerprint density at radius 3 is 1.91 bits per heavy atom. The van der Waals surface area contributed by atoms with Crippen LogP contribution in [0.25, 0.3) is 10.8 Å². The maximum atomic E-state index is 12.3. The van der Waals surface area contributed by atoms with Gasteiger partial charge >= 0.3 is 0 Å². The van der Waals surface area contributed by atoms with E-state index in [0.717, 1.165) is 41.2 Å². The van der Waals surface area contributed by atoms with Crippen LogP contribution in [0, 0.1) is 0 Å². The molecule has 0 unspecified atom stereocenters. The van der Waals surface area contributed by atoms with E-state index in [9.17, 15) is 9.59 Å². The zero-order chi connectivity index (χ0) is 34.7. The molecule has 0 aliphatic carbocycles. The van der Waals surface area contributed by atoms with Crippen LogP contribution < -0.4 is 28.3 Å². The van der Waals surface area contributed by atoms with Crippen molar-refractivity contribution in [1.82, 2.24) is 5.32 Å². The summed E-state index contributed by atoms with van der Waals surface area (Å²) < 4.78 is 4.94. The number of ether oxygens (including phenoxy) is 1. The number of carbonyl (C=O) groups excluding carboxylic acids is 4. The summed E-state index contributed by atoms with van der Waals surface area (Å²) in [7, 11) is 1.71. The first-order chi connectivity index (χ1) is 21.3. The Balaban J connectivity index is 0. The van der Waals surface area contributed by atoms with E-state index >= 15 is 0 Å². The number of aliphatic imine (C=N–C) groups is 1. The average Bonchev–Trinajstić information content (AvgIpc) is 3.00. The number of hydrogen-bond donors (Lipinski definition) is 5. The summed E-state index contributed by atoms with van der Waals surface area (Å²) in [6, 6.07) is 23.0. The van der Waals surface area contributed by atoms with Crippen LogP contribution in [0.5, 0.6) is 0 Å². The Morgan fingerprint density at radius 2 is 1.44 bits per heavy atom. The summed E-state index contributed by atoms with van der Waals surface area (Å²) in [6.07, 6.45) is 3.33. The lowest BCUT2D eigenvalue weighted by molar-refractivity contribution is -0.127. The molecule has 0 saturated heterocycles. The Hall–Kier alpha value is -4.77. The number of methoxy groups -OCH3 is 1. The number of rotatable bonds is 9. The molecule has 3 aromatic carbocycles. The number of amides is 3. The van der Waals surface area contributed by atoms with Crippen LogP contribution in [-0.2, 0) is 36.8 Å². The monoisotopic (exact) mass is 624 g/mol. The highest BCUT2D eigenvalue weighted by Gasteiger charge is 2.19. The van der Waals surface area contributed by atoms with Crippen molar-refractivity contribution in [2.24, 2.45) is 27.9 Å². The fourth-order valence-corrected chi connectivity index (χ4v) is 3.32. The molecule has 248 valence electrons. The lowest BCUT2D eigenvalue weighted by atomic mass is 9.98. The number of carbonyl (C=O) groups is 4. The molecule has 0 aliphatic heterocycles. The molecule has 3 rings (SSSR count). The second-order valence-electron chi connectivity index (χ2n) is 10.3. The van der Waals surface area contributed by atoms with Crippen molar-refractivity contribution >= 4 is 41.2 Å².